The third kappa shape index (κ3) is 3.18. The summed E-state index contributed by atoms with van der Waals surface area (Å²) in [6, 6.07) is 20.1. The Balaban J connectivity index is 1.84. The summed E-state index contributed by atoms with van der Waals surface area (Å²) >= 11 is 1.58. The number of hydrogen-bond donors (Lipinski definition) is 1. The number of H-pyrrole nitrogens is 1. The first kappa shape index (κ1) is 16.7. The Morgan fingerprint density at radius 3 is 2.50 bits per heavy atom. The van der Waals surface area contributed by atoms with Crippen LogP contribution >= 0.6 is 11.8 Å². The van der Waals surface area contributed by atoms with E-state index in [4.69, 9.17) is 4.98 Å². The number of aromatic amines is 1. The number of rotatable bonds is 4. The number of benzene rings is 2. The molecule has 4 aromatic rings. The maximum atomic E-state index is 13.1. The number of hydrogen-bond acceptors (Lipinski definition) is 3. The lowest BCUT2D eigenvalue weighted by Crippen LogP contribution is -2.21. The Hall–Kier alpha value is -2.79. The maximum Gasteiger partial charge on any atom is 0.283 e. The van der Waals surface area contributed by atoms with Crippen LogP contribution in [0.4, 0.5) is 0 Å². The van der Waals surface area contributed by atoms with Gasteiger partial charge in [0, 0.05) is 11.4 Å². The van der Waals surface area contributed by atoms with E-state index in [2.05, 4.69) is 17.1 Å². The Labute approximate surface area is 155 Å². The minimum atomic E-state index is -0.0671. The van der Waals surface area contributed by atoms with Crippen LogP contribution in [0.3, 0.4) is 0 Å². The smallest absolute Gasteiger partial charge is 0.283 e. The lowest BCUT2D eigenvalue weighted by atomic mass is 10.2. The highest BCUT2D eigenvalue weighted by molar-refractivity contribution is 7.98. The second-order valence-electron chi connectivity index (χ2n) is 6.36. The molecular formula is C21H19N3OS. The lowest BCUT2D eigenvalue weighted by molar-refractivity contribution is 0.817. The number of nitrogens with one attached hydrogen (secondary N) is 1. The van der Waals surface area contributed by atoms with E-state index in [0.29, 0.717) is 16.2 Å². The fraction of sp³-hybridized carbons (Fsp3) is 0.143. The van der Waals surface area contributed by atoms with Crippen LogP contribution in [0.2, 0.25) is 0 Å². The highest BCUT2D eigenvalue weighted by Gasteiger charge is 2.15. The summed E-state index contributed by atoms with van der Waals surface area (Å²) in [4.78, 5) is 21.0. The zero-order valence-electron chi connectivity index (χ0n) is 14.7. The molecular weight excluding hydrogens is 342 g/mol. The predicted molar refractivity (Wildman–Crippen MR) is 107 cm³/mol. The van der Waals surface area contributed by atoms with Gasteiger partial charge in [0.15, 0.2) is 5.16 Å². The standard InChI is InChI=1S/C21H19N3OS/c1-14-8-10-17(11-9-14)24-20(25)19-18(12-15(2)22-19)23-21(24)26-13-16-6-4-3-5-7-16/h3-12,22H,13H2,1-2H3. The number of nitrogens with zero attached hydrogens (tertiary/aromatic N) is 2. The van der Waals surface area contributed by atoms with Crippen molar-refractivity contribution in [1.29, 1.82) is 0 Å². The lowest BCUT2D eigenvalue weighted by Gasteiger charge is -2.12. The van der Waals surface area contributed by atoms with Crippen molar-refractivity contribution in [3.8, 4) is 5.69 Å². The van der Waals surface area contributed by atoms with E-state index in [0.717, 1.165) is 22.7 Å². The van der Waals surface area contributed by atoms with Crippen LogP contribution in [-0.4, -0.2) is 14.5 Å². The molecule has 0 aliphatic rings. The first-order valence-electron chi connectivity index (χ1n) is 8.48. The molecule has 0 saturated carbocycles. The first-order chi connectivity index (χ1) is 12.6. The Kier molecular flexibility index (Phi) is 4.39. The molecule has 0 unspecified atom stereocenters. The number of thioether (sulfide) groups is 1. The average Bonchev–Trinajstić information content (AvgIpc) is 3.03. The van der Waals surface area contributed by atoms with Crippen LogP contribution in [0, 0.1) is 13.8 Å². The van der Waals surface area contributed by atoms with Crippen molar-refractivity contribution in [1.82, 2.24) is 14.5 Å². The van der Waals surface area contributed by atoms with Crippen molar-refractivity contribution in [3.05, 3.63) is 87.8 Å². The number of aromatic nitrogens is 3. The maximum absolute atomic E-state index is 13.1. The van der Waals surface area contributed by atoms with E-state index in [1.807, 2.05) is 62.4 Å². The van der Waals surface area contributed by atoms with Crippen LogP contribution < -0.4 is 5.56 Å². The van der Waals surface area contributed by atoms with Gasteiger partial charge < -0.3 is 4.98 Å². The summed E-state index contributed by atoms with van der Waals surface area (Å²) in [5.41, 5.74) is 5.32. The molecule has 2 heterocycles. The molecule has 0 saturated heterocycles. The average molecular weight is 361 g/mol. The van der Waals surface area contributed by atoms with E-state index in [-0.39, 0.29) is 5.56 Å². The molecule has 0 fully saturated rings. The van der Waals surface area contributed by atoms with E-state index in [1.165, 1.54) is 5.56 Å². The quantitative estimate of drug-likeness (QED) is 0.426. The summed E-state index contributed by atoms with van der Waals surface area (Å²) in [5, 5.41) is 0.703. The molecule has 4 rings (SSSR count). The normalized spacial score (nSPS) is 11.2. The molecule has 1 N–H and O–H groups in total. The minimum absolute atomic E-state index is 0.0671. The molecule has 0 amide bonds. The second-order valence-corrected chi connectivity index (χ2v) is 7.30. The van der Waals surface area contributed by atoms with Crippen molar-refractivity contribution in [3.63, 3.8) is 0 Å². The molecule has 0 aliphatic carbocycles. The van der Waals surface area contributed by atoms with Crippen LogP contribution in [0.25, 0.3) is 16.7 Å². The van der Waals surface area contributed by atoms with Gasteiger partial charge in [-0.2, -0.15) is 0 Å². The third-order valence-corrected chi connectivity index (χ3v) is 5.27. The molecule has 0 atom stereocenters. The van der Waals surface area contributed by atoms with Crippen molar-refractivity contribution >= 4 is 22.8 Å². The molecule has 0 radical (unpaired) electrons. The Bertz CT molecular complexity index is 1110. The molecule has 2 aromatic heterocycles. The van der Waals surface area contributed by atoms with Gasteiger partial charge in [-0.3, -0.25) is 9.36 Å². The van der Waals surface area contributed by atoms with Gasteiger partial charge in [0.1, 0.15) is 5.52 Å². The third-order valence-electron chi connectivity index (χ3n) is 4.26. The van der Waals surface area contributed by atoms with E-state index < -0.39 is 0 Å². The predicted octanol–water partition coefficient (Wildman–Crippen LogP) is 4.62. The van der Waals surface area contributed by atoms with Crippen molar-refractivity contribution in [2.24, 2.45) is 0 Å². The topological polar surface area (TPSA) is 50.7 Å². The van der Waals surface area contributed by atoms with Gasteiger partial charge in [-0.1, -0.05) is 59.8 Å². The minimum Gasteiger partial charge on any atom is -0.353 e. The van der Waals surface area contributed by atoms with Gasteiger partial charge in [0.25, 0.3) is 5.56 Å². The van der Waals surface area contributed by atoms with E-state index in [1.54, 1.807) is 16.3 Å². The summed E-state index contributed by atoms with van der Waals surface area (Å²) in [6.07, 6.45) is 0. The van der Waals surface area contributed by atoms with Crippen LogP contribution in [0.15, 0.2) is 70.6 Å². The monoisotopic (exact) mass is 361 g/mol. The van der Waals surface area contributed by atoms with Crippen LogP contribution in [-0.2, 0) is 5.75 Å². The number of aryl methyl sites for hydroxylation is 2. The van der Waals surface area contributed by atoms with Crippen LogP contribution in [0.5, 0.6) is 0 Å². The van der Waals surface area contributed by atoms with Crippen molar-refractivity contribution in [2.75, 3.05) is 0 Å². The van der Waals surface area contributed by atoms with Gasteiger partial charge >= 0.3 is 0 Å². The highest BCUT2D eigenvalue weighted by Crippen LogP contribution is 2.25. The largest absolute Gasteiger partial charge is 0.353 e. The Morgan fingerprint density at radius 1 is 1.04 bits per heavy atom. The summed E-state index contributed by atoms with van der Waals surface area (Å²) in [5.74, 6) is 0.758. The number of fused-ring (bicyclic) bond motifs is 1. The fourth-order valence-corrected chi connectivity index (χ4v) is 3.89. The molecule has 26 heavy (non-hydrogen) atoms. The molecule has 0 bridgehead atoms. The molecule has 4 nitrogen and oxygen atoms in total. The van der Waals surface area contributed by atoms with E-state index >= 15 is 0 Å². The molecule has 130 valence electrons. The summed E-state index contributed by atoms with van der Waals surface area (Å²) in [6.45, 7) is 3.97. The van der Waals surface area contributed by atoms with Crippen molar-refractivity contribution < 1.29 is 0 Å². The van der Waals surface area contributed by atoms with Gasteiger partial charge in [-0.05, 0) is 37.6 Å². The van der Waals surface area contributed by atoms with Gasteiger partial charge in [-0.25, -0.2) is 4.98 Å². The summed E-state index contributed by atoms with van der Waals surface area (Å²) < 4.78 is 1.70. The fourth-order valence-electron chi connectivity index (χ4n) is 2.92. The Morgan fingerprint density at radius 2 is 1.77 bits per heavy atom. The van der Waals surface area contributed by atoms with Crippen molar-refractivity contribution in [2.45, 2.75) is 24.8 Å². The van der Waals surface area contributed by atoms with Gasteiger partial charge in [-0.15, -0.1) is 0 Å². The second kappa shape index (κ2) is 6.84. The molecule has 2 aromatic carbocycles. The molecule has 5 heteroatoms. The first-order valence-corrected chi connectivity index (χ1v) is 9.46. The highest BCUT2D eigenvalue weighted by atomic mass is 32.2. The zero-order valence-corrected chi connectivity index (χ0v) is 15.5. The molecule has 0 aliphatic heterocycles. The van der Waals surface area contributed by atoms with Gasteiger partial charge in [0.2, 0.25) is 0 Å². The van der Waals surface area contributed by atoms with Gasteiger partial charge in [0.05, 0.1) is 11.2 Å². The van der Waals surface area contributed by atoms with Crippen LogP contribution in [0.1, 0.15) is 16.8 Å². The summed E-state index contributed by atoms with van der Waals surface area (Å²) in [7, 11) is 0. The van der Waals surface area contributed by atoms with E-state index in [9.17, 15) is 4.79 Å². The molecule has 0 spiro atoms. The zero-order chi connectivity index (χ0) is 18.1. The SMILES string of the molecule is Cc1ccc(-n2c(SCc3ccccc3)nc3cc(C)[nH]c3c2=O)cc1.